The minimum absolute atomic E-state index is 0.00234. The number of fused-ring (bicyclic) bond motifs is 3. The number of hydrogen-bond donors (Lipinski definition) is 0. The molecular formula is C19H13F5O7. The van der Waals surface area contributed by atoms with Gasteiger partial charge in [-0.2, -0.15) is 22.0 Å². The second kappa shape index (κ2) is 6.55. The summed E-state index contributed by atoms with van der Waals surface area (Å²) in [5, 5.41) is 0. The molecule has 2 heterocycles. The first-order chi connectivity index (χ1) is 14.3. The lowest BCUT2D eigenvalue weighted by Crippen LogP contribution is -2.59. The van der Waals surface area contributed by atoms with E-state index in [0.29, 0.717) is 0 Å². The van der Waals surface area contributed by atoms with E-state index >= 15 is 0 Å². The molecule has 0 aromatic heterocycles. The maximum absolute atomic E-state index is 14.0. The first-order valence-electron chi connectivity index (χ1n) is 9.01. The first-order valence-corrected chi connectivity index (χ1v) is 9.01. The minimum Gasteiger partial charge on any atom is -0.393 e. The van der Waals surface area contributed by atoms with E-state index in [1.807, 2.05) is 0 Å². The van der Waals surface area contributed by atoms with Crippen LogP contribution in [0.15, 0.2) is 24.3 Å². The summed E-state index contributed by atoms with van der Waals surface area (Å²) in [5.74, 6) is -9.64. The summed E-state index contributed by atoms with van der Waals surface area (Å²) in [6.45, 7) is 1.12. The molecule has 0 N–H and O–H groups in total. The Kier molecular flexibility index (Phi) is 4.51. The van der Waals surface area contributed by atoms with Crippen molar-refractivity contribution >= 4 is 23.9 Å². The third kappa shape index (κ3) is 2.95. The van der Waals surface area contributed by atoms with Crippen molar-refractivity contribution in [2.45, 2.75) is 43.1 Å². The van der Waals surface area contributed by atoms with Crippen LogP contribution in [0.1, 0.15) is 30.4 Å². The molecular weight excluding hydrogens is 435 g/mol. The molecule has 7 nitrogen and oxygen atoms in total. The summed E-state index contributed by atoms with van der Waals surface area (Å²) in [7, 11) is 0. The molecule has 0 bridgehead atoms. The van der Waals surface area contributed by atoms with Crippen LogP contribution in [0, 0.1) is 11.8 Å². The van der Waals surface area contributed by atoms with Crippen LogP contribution >= 0.6 is 0 Å². The Bertz CT molecular complexity index is 1000. The highest BCUT2D eigenvalue weighted by atomic mass is 19.4. The van der Waals surface area contributed by atoms with E-state index in [9.17, 15) is 41.1 Å². The SMILES string of the molecule is CC1(C2CC(=O)OC2=O)c2ccccc2C2C(=O)OC(=O)C2C1OC(F)(F)C(F)(F)F. The van der Waals surface area contributed by atoms with Gasteiger partial charge in [0.1, 0.15) is 5.92 Å². The van der Waals surface area contributed by atoms with Gasteiger partial charge in [-0.25, -0.2) is 0 Å². The molecule has 5 unspecified atom stereocenters. The molecule has 4 rings (SSSR count). The van der Waals surface area contributed by atoms with E-state index in [2.05, 4.69) is 14.2 Å². The standard InChI is InChI=1S/C19H13F5O7/c1-17(9-6-10(25)29-14(9)26)8-5-3-2-4-7(8)11-12(16(28)30-15(11)27)13(17)31-19(23,24)18(20,21)22/h2-5,9,11-13H,6H2,1H3. The largest absolute Gasteiger partial charge is 0.482 e. The van der Waals surface area contributed by atoms with Crippen LogP contribution in [0.25, 0.3) is 0 Å². The van der Waals surface area contributed by atoms with Crippen molar-refractivity contribution in [3.63, 3.8) is 0 Å². The van der Waals surface area contributed by atoms with Crippen molar-refractivity contribution in [2.75, 3.05) is 0 Å². The molecule has 0 radical (unpaired) electrons. The maximum Gasteiger partial charge on any atom is 0.482 e. The van der Waals surface area contributed by atoms with Crippen molar-refractivity contribution in [3.8, 4) is 0 Å². The van der Waals surface area contributed by atoms with Crippen molar-refractivity contribution in [1.29, 1.82) is 0 Å². The predicted octanol–water partition coefficient (Wildman–Crippen LogP) is 2.37. The summed E-state index contributed by atoms with van der Waals surface area (Å²) in [6.07, 6.45) is -14.9. The van der Waals surface area contributed by atoms with Crippen LogP contribution in [0.5, 0.6) is 0 Å². The van der Waals surface area contributed by atoms with E-state index in [1.165, 1.54) is 24.3 Å². The number of hydrogen-bond acceptors (Lipinski definition) is 7. The van der Waals surface area contributed by atoms with Gasteiger partial charge in [-0.05, 0) is 11.1 Å². The first kappa shape index (κ1) is 21.3. The lowest BCUT2D eigenvalue weighted by atomic mass is 9.56. The van der Waals surface area contributed by atoms with Crippen molar-refractivity contribution in [1.82, 2.24) is 0 Å². The van der Waals surface area contributed by atoms with Gasteiger partial charge in [0.25, 0.3) is 0 Å². The molecule has 166 valence electrons. The number of ether oxygens (including phenoxy) is 3. The quantitative estimate of drug-likeness (QED) is 0.398. The third-order valence-corrected chi connectivity index (χ3v) is 6.08. The summed E-state index contributed by atoms with van der Waals surface area (Å²) < 4.78 is 80.1. The highest BCUT2D eigenvalue weighted by molar-refractivity contribution is 6.02. The summed E-state index contributed by atoms with van der Waals surface area (Å²) in [5.41, 5.74) is -1.95. The fraction of sp³-hybridized carbons (Fsp3) is 0.474. The van der Waals surface area contributed by atoms with Crippen LogP contribution in [0.4, 0.5) is 22.0 Å². The van der Waals surface area contributed by atoms with Gasteiger partial charge in [0.05, 0.1) is 24.4 Å². The van der Waals surface area contributed by atoms with Crippen LogP contribution in [-0.2, 0) is 38.8 Å². The van der Waals surface area contributed by atoms with Crippen LogP contribution in [-0.4, -0.2) is 42.3 Å². The van der Waals surface area contributed by atoms with Gasteiger partial charge in [-0.3, -0.25) is 19.2 Å². The summed E-state index contributed by atoms with van der Waals surface area (Å²) in [6, 6.07) is 5.53. The average molecular weight is 448 g/mol. The normalized spacial score (nSPS) is 33.1. The van der Waals surface area contributed by atoms with Crippen LogP contribution in [0.2, 0.25) is 0 Å². The smallest absolute Gasteiger partial charge is 0.393 e. The molecule has 12 heteroatoms. The second-order valence-electron chi connectivity index (χ2n) is 7.72. The molecule has 2 saturated heterocycles. The average Bonchev–Trinajstić information content (AvgIpc) is 3.15. The molecule has 1 aliphatic carbocycles. The predicted molar refractivity (Wildman–Crippen MR) is 86.2 cm³/mol. The van der Waals surface area contributed by atoms with Crippen molar-refractivity contribution in [3.05, 3.63) is 35.4 Å². The van der Waals surface area contributed by atoms with Gasteiger partial charge in [0.2, 0.25) is 0 Å². The molecule has 5 atom stereocenters. The monoisotopic (exact) mass is 448 g/mol. The lowest BCUT2D eigenvalue weighted by Gasteiger charge is -2.48. The minimum atomic E-state index is -6.15. The van der Waals surface area contributed by atoms with Gasteiger partial charge in [-0.1, -0.05) is 31.2 Å². The Morgan fingerprint density at radius 3 is 2.19 bits per heavy atom. The Hall–Kier alpha value is -2.89. The molecule has 3 aliphatic rings. The maximum atomic E-state index is 14.0. The second-order valence-corrected chi connectivity index (χ2v) is 7.72. The number of halogens is 5. The molecule has 31 heavy (non-hydrogen) atoms. The summed E-state index contributed by atoms with van der Waals surface area (Å²) >= 11 is 0. The lowest BCUT2D eigenvalue weighted by molar-refractivity contribution is -0.410. The Labute approximate surface area is 170 Å². The zero-order valence-corrected chi connectivity index (χ0v) is 15.6. The number of carbonyl (C=O) groups excluding carboxylic acids is 4. The Balaban J connectivity index is 1.96. The molecule has 2 aliphatic heterocycles. The van der Waals surface area contributed by atoms with E-state index in [4.69, 9.17) is 0 Å². The third-order valence-electron chi connectivity index (χ3n) is 6.08. The number of cyclic esters (lactones) is 4. The van der Waals surface area contributed by atoms with Crippen molar-refractivity contribution in [2.24, 2.45) is 11.8 Å². The number of rotatable bonds is 3. The van der Waals surface area contributed by atoms with Gasteiger partial charge >= 0.3 is 36.2 Å². The highest BCUT2D eigenvalue weighted by Crippen LogP contribution is 2.57. The number of alkyl halides is 5. The molecule has 0 amide bonds. The molecule has 1 aromatic carbocycles. The van der Waals surface area contributed by atoms with E-state index < -0.39 is 71.9 Å². The number of carbonyl (C=O) groups is 4. The fourth-order valence-corrected chi connectivity index (χ4v) is 4.66. The van der Waals surface area contributed by atoms with Gasteiger partial charge < -0.3 is 14.2 Å². The fourth-order valence-electron chi connectivity index (χ4n) is 4.66. The van der Waals surface area contributed by atoms with Crippen LogP contribution < -0.4 is 0 Å². The topological polar surface area (TPSA) is 96.0 Å². The number of benzene rings is 1. The Morgan fingerprint density at radius 2 is 1.61 bits per heavy atom. The highest BCUT2D eigenvalue weighted by Gasteiger charge is 2.69. The van der Waals surface area contributed by atoms with E-state index in [1.54, 1.807) is 0 Å². The Morgan fingerprint density at radius 1 is 0.968 bits per heavy atom. The summed E-state index contributed by atoms with van der Waals surface area (Å²) in [4.78, 5) is 48.7. The van der Waals surface area contributed by atoms with E-state index in [0.717, 1.165) is 6.92 Å². The zero-order chi connectivity index (χ0) is 22.9. The van der Waals surface area contributed by atoms with E-state index in [-0.39, 0.29) is 11.1 Å². The zero-order valence-electron chi connectivity index (χ0n) is 15.6. The number of esters is 4. The molecule has 0 spiro atoms. The van der Waals surface area contributed by atoms with Crippen LogP contribution in [0.3, 0.4) is 0 Å². The molecule has 0 saturated carbocycles. The molecule has 1 aromatic rings. The molecule has 2 fully saturated rings. The van der Waals surface area contributed by atoms with Gasteiger partial charge in [-0.15, -0.1) is 0 Å². The van der Waals surface area contributed by atoms with Crippen molar-refractivity contribution < 1.29 is 55.3 Å². The van der Waals surface area contributed by atoms with Gasteiger partial charge in [0.15, 0.2) is 0 Å². The van der Waals surface area contributed by atoms with Gasteiger partial charge in [0, 0.05) is 5.41 Å².